The minimum absolute atomic E-state index is 0.212. The van der Waals surface area contributed by atoms with E-state index in [1.54, 1.807) is 6.26 Å². The first-order valence-corrected chi connectivity index (χ1v) is 8.97. The summed E-state index contributed by atoms with van der Waals surface area (Å²) >= 11 is 0. The first-order valence-electron chi connectivity index (χ1n) is 8.97. The maximum atomic E-state index is 9.48. The predicted octanol–water partition coefficient (Wildman–Crippen LogP) is 3.35. The molecule has 1 unspecified atom stereocenters. The lowest BCUT2D eigenvalue weighted by Crippen LogP contribution is -2.42. The van der Waals surface area contributed by atoms with Crippen molar-refractivity contribution in [1.82, 2.24) is 14.6 Å². The van der Waals surface area contributed by atoms with Crippen LogP contribution in [0.1, 0.15) is 36.9 Å². The van der Waals surface area contributed by atoms with Crippen molar-refractivity contribution >= 4 is 11.5 Å². The molecule has 0 amide bonds. The van der Waals surface area contributed by atoms with Gasteiger partial charge in [-0.05, 0) is 51.7 Å². The second-order valence-corrected chi connectivity index (χ2v) is 6.78. The van der Waals surface area contributed by atoms with Gasteiger partial charge in [0.1, 0.15) is 11.5 Å². The average Bonchev–Trinajstić information content (AvgIpc) is 3.26. The van der Waals surface area contributed by atoms with Crippen molar-refractivity contribution in [3.63, 3.8) is 0 Å². The van der Waals surface area contributed by atoms with Gasteiger partial charge in [-0.1, -0.05) is 0 Å². The number of aromatic nitrogens is 3. The Labute approximate surface area is 147 Å². The predicted molar refractivity (Wildman–Crippen MR) is 96.9 cm³/mol. The first kappa shape index (κ1) is 16.1. The third kappa shape index (κ3) is 2.80. The molecule has 0 bridgehead atoms. The Kier molecular flexibility index (Phi) is 4.21. The Morgan fingerprint density at radius 3 is 2.96 bits per heavy atom. The van der Waals surface area contributed by atoms with Crippen LogP contribution in [0.4, 0.5) is 5.82 Å². The second-order valence-electron chi connectivity index (χ2n) is 6.78. The van der Waals surface area contributed by atoms with E-state index in [0.717, 1.165) is 60.0 Å². The Hall–Kier alpha value is -2.34. The number of aryl methyl sites for hydroxylation is 1. The molecular formula is C19H24N4O2. The maximum Gasteiger partial charge on any atom is 0.158 e. The standard InChI is InChI=1S/C19H24N4O2/c1-13-14(2)20-18-12-16(17-7-5-11-25-17)21-23(18)19(13)22-9-4-3-6-15(22)8-10-24/h5,7,11-12,15,24H,3-4,6,8-10H2,1-2H3. The number of fused-ring (bicyclic) bond motifs is 1. The normalized spacial score (nSPS) is 18.2. The molecule has 6 heteroatoms. The number of rotatable bonds is 4. The van der Waals surface area contributed by atoms with Gasteiger partial charge in [0.2, 0.25) is 0 Å². The monoisotopic (exact) mass is 340 g/mol. The van der Waals surface area contributed by atoms with Gasteiger partial charge in [0.25, 0.3) is 0 Å². The van der Waals surface area contributed by atoms with Gasteiger partial charge < -0.3 is 14.4 Å². The molecule has 1 aliphatic heterocycles. The second kappa shape index (κ2) is 6.52. The molecule has 3 aromatic heterocycles. The van der Waals surface area contributed by atoms with E-state index in [1.165, 1.54) is 6.42 Å². The molecule has 0 aliphatic carbocycles. The molecule has 0 spiro atoms. The van der Waals surface area contributed by atoms with Crippen molar-refractivity contribution in [2.75, 3.05) is 18.1 Å². The summed E-state index contributed by atoms with van der Waals surface area (Å²) in [4.78, 5) is 7.13. The molecule has 1 saturated heterocycles. The van der Waals surface area contributed by atoms with Crippen LogP contribution in [0.5, 0.6) is 0 Å². The third-order valence-corrected chi connectivity index (χ3v) is 5.19. The van der Waals surface area contributed by atoms with Crippen LogP contribution in [0, 0.1) is 13.8 Å². The minimum atomic E-state index is 0.212. The van der Waals surface area contributed by atoms with Crippen LogP contribution in [-0.4, -0.2) is 38.9 Å². The zero-order chi connectivity index (χ0) is 17.4. The van der Waals surface area contributed by atoms with Gasteiger partial charge in [-0.25, -0.2) is 4.98 Å². The van der Waals surface area contributed by atoms with Crippen LogP contribution in [-0.2, 0) is 0 Å². The lowest BCUT2D eigenvalue weighted by Gasteiger charge is -2.38. The summed E-state index contributed by atoms with van der Waals surface area (Å²) in [6, 6.07) is 6.10. The highest BCUT2D eigenvalue weighted by atomic mass is 16.3. The number of hydrogen-bond acceptors (Lipinski definition) is 5. The molecule has 0 saturated carbocycles. The first-order chi connectivity index (χ1) is 12.2. The van der Waals surface area contributed by atoms with Crippen molar-refractivity contribution in [3.8, 4) is 11.5 Å². The van der Waals surface area contributed by atoms with Gasteiger partial charge in [0.05, 0.1) is 6.26 Å². The molecule has 6 nitrogen and oxygen atoms in total. The Bertz CT molecular complexity index is 867. The molecule has 3 aromatic rings. The number of aliphatic hydroxyl groups excluding tert-OH is 1. The molecule has 1 N–H and O–H groups in total. The SMILES string of the molecule is Cc1nc2cc(-c3ccco3)nn2c(N2CCCCC2CCO)c1C. The van der Waals surface area contributed by atoms with Gasteiger partial charge in [-0.2, -0.15) is 9.61 Å². The van der Waals surface area contributed by atoms with Crippen molar-refractivity contribution in [2.45, 2.75) is 45.6 Å². The van der Waals surface area contributed by atoms with Gasteiger partial charge in [0, 0.05) is 36.5 Å². The summed E-state index contributed by atoms with van der Waals surface area (Å²) in [6.07, 6.45) is 5.93. The van der Waals surface area contributed by atoms with E-state index in [9.17, 15) is 5.11 Å². The van der Waals surface area contributed by atoms with Gasteiger partial charge in [-0.15, -0.1) is 0 Å². The lowest BCUT2D eigenvalue weighted by molar-refractivity contribution is 0.262. The van der Waals surface area contributed by atoms with E-state index in [0.29, 0.717) is 6.04 Å². The molecule has 4 heterocycles. The van der Waals surface area contributed by atoms with Gasteiger partial charge in [-0.3, -0.25) is 0 Å². The number of hydrogen-bond donors (Lipinski definition) is 1. The van der Waals surface area contributed by atoms with Crippen LogP contribution >= 0.6 is 0 Å². The maximum absolute atomic E-state index is 9.48. The summed E-state index contributed by atoms with van der Waals surface area (Å²) in [5, 5.41) is 14.3. The van der Waals surface area contributed by atoms with Gasteiger partial charge >= 0.3 is 0 Å². The molecule has 25 heavy (non-hydrogen) atoms. The summed E-state index contributed by atoms with van der Waals surface area (Å²) < 4.78 is 7.44. The fourth-order valence-electron chi connectivity index (χ4n) is 3.79. The Morgan fingerprint density at radius 2 is 2.20 bits per heavy atom. The fraction of sp³-hybridized carbons (Fsp3) is 0.474. The van der Waals surface area contributed by atoms with Crippen LogP contribution < -0.4 is 4.90 Å². The molecule has 4 rings (SSSR count). The lowest BCUT2D eigenvalue weighted by atomic mass is 9.99. The van der Waals surface area contributed by atoms with Crippen molar-refractivity contribution in [2.24, 2.45) is 0 Å². The summed E-state index contributed by atoms with van der Waals surface area (Å²) in [6.45, 7) is 5.35. The zero-order valence-corrected chi connectivity index (χ0v) is 14.8. The highest BCUT2D eigenvalue weighted by molar-refractivity contribution is 5.64. The quantitative estimate of drug-likeness (QED) is 0.789. The molecule has 0 radical (unpaired) electrons. The number of piperidine rings is 1. The van der Waals surface area contributed by atoms with E-state index in [4.69, 9.17) is 14.5 Å². The van der Waals surface area contributed by atoms with Crippen molar-refractivity contribution < 1.29 is 9.52 Å². The zero-order valence-electron chi connectivity index (χ0n) is 14.8. The smallest absolute Gasteiger partial charge is 0.158 e. The van der Waals surface area contributed by atoms with Crippen LogP contribution in [0.25, 0.3) is 17.1 Å². The summed E-state index contributed by atoms with van der Waals surface area (Å²) in [7, 11) is 0. The summed E-state index contributed by atoms with van der Waals surface area (Å²) in [5.74, 6) is 1.84. The highest BCUT2D eigenvalue weighted by Crippen LogP contribution is 2.32. The number of anilines is 1. The number of nitrogens with zero attached hydrogens (tertiary/aromatic N) is 4. The van der Waals surface area contributed by atoms with Gasteiger partial charge in [0.15, 0.2) is 11.4 Å². The highest BCUT2D eigenvalue weighted by Gasteiger charge is 2.27. The topological polar surface area (TPSA) is 66.8 Å². The van der Waals surface area contributed by atoms with E-state index < -0.39 is 0 Å². The van der Waals surface area contributed by atoms with Crippen LogP contribution in [0.2, 0.25) is 0 Å². The third-order valence-electron chi connectivity index (χ3n) is 5.19. The van der Waals surface area contributed by atoms with E-state index in [2.05, 4.69) is 11.8 Å². The molecule has 1 fully saturated rings. The minimum Gasteiger partial charge on any atom is -0.463 e. The molecule has 1 atom stereocenters. The number of aliphatic hydroxyl groups is 1. The van der Waals surface area contributed by atoms with E-state index in [-0.39, 0.29) is 6.61 Å². The van der Waals surface area contributed by atoms with Crippen molar-refractivity contribution in [3.05, 3.63) is 35.7 Å². The van der Waals surface area contributed by atoms with Crippen LogP contribution in [0.3, 0.4) is 0 Å². The molecule has 1 aliphatic rings. The summed E-state index contributed by atoms with van der Waals surface area (Å²) in [5.41, 5.74) is 3.78. The van der Waals surface area contributed by atoms with E-state index in [1.807, 2.05) is 29.6 Å². The Balaban J connectivity index is 1.87. The number of furan rings is 1. The fourth-order valence-corrected chi connectivity index (χ4v) is 3.79. The average molecular weight is 340 g/mol. The molecule has 132 valence electrons. The largest absolute Gasteiger partial charge is 0.463 e. The molecular weight excluding hydrogens is 316 g/mol. The van der Waals surface area contributed by atoms with Crippen LogP contribution in [0.15, 0.2) is 28.9 Å². The van der Waals surface area contributed by atoms with E-state index >= 15 is 0 Å². The molecule has 0 aromatic carbocycles. The Morgan fingerprint density at radius 1 is 1.32 bits per heavy atom. The van der Waals surface area contributed by atoms with Crippen molar-refractivity contribution in [1.29, 1.82) is 0 Å².